The third kappa shape index (κ3) is 4.46. The Morgan fingerprint density at radius 1 is 0.385 bits per heavy atom. The fourth-order valence-electron chi connectivity index (χ4n) is 8.21. The SMILES string of the molecule is c1ccc(-n2c(-c3ccc(-c4c5ccccc5c(-c5ccc6c(c5)sc5cc7ccccc7cc56)c5ccccc45)cc3)nc3ccccc32)cc1. The van der Waals surface area contributed by atoms with Crippen LogP contribution >= 0.6 is 11.3 Å². The Bertz CT molecular complexity index is 3110. The van der Waals surface area contributed by atoms with Gasteiger partial charge in [-0.15, -0.1) is 11.3 Å². The van der Waals surface area contributed by atoms with Crippen LogP contribution in [0.4, 0.5) is 0 Å². The Morgan fingerprint density at radius 3 is 1.63 bits per heavy atom. The van der Waals surface area contributed by atoms with Crippen LogP contribution in [0.1, 0.15) is 0 Å². The van der Waals surface area contributed by atoms with Gasteiger partial charge in [-0.2, -0.15) is 0 Å². The standard InChI is InChI=1S/C49H30N2S/c1-2-14-36(15-3-1)51-44-21-11-10-20-43(44)50-49(51)32-24-22-31(23-25-32)47-38-16-6-8-18-40(38)48(41-19-9-7-17-39(41)47)35-26-27-37-42-28-33-12-4-5-13-34(33)29-46(42)52-45(37)30-35/h1-30H. The van der Waals surface area contributed by atoms with E-state index in [1.54, 1.807) is 0 Å². The van der Waals surface area contributed by atoms with Crippen molar-refractivity contribution < 1.29 is 0 Å². The molecule has 242 valence electrons. The third-order valence-electron chi connectivity index (χ3n) is 10.6. The molecule has 52 heavy (non-hydrogen) atoms. The highest BCUT2D eigenvalue weighted by atomic mass is 32.1. The van der Waals surface area contributed by atoms with Crippen molar-refractivity contribution in [3.8, 4) is 39.3 Å². The summed E-state index contributed by atoms with van der Waals surface area (Å²) in [6, 6.07) is 66.1. The molecule has 0 amide bonds. The molecule has 9 aromatic carbocycles. The predicted octanol–water partition coefficient (Wildman–Crippen LogP) is 13.9. The molecule has 0 aliphatic rings. The van der Waals surface area contributed by atoms with Crippen molar-refractivity contribution in [1.29, 1.82) is 0 Å². The van der Waals surface area contributed by atoms with E-state index in [0.29, 0.717) is 0 Å². The van der Waals surface area contributed by atoms with Crippen LogP contribution < -0.4 is 0 Å². The van der Waals surface area contributed by atoms with E-state index >= 15 is 0 Å². The monoisotopic (exact) mass is 678 g/mol. The molecular formula is C49H30N2S. The van der Waals surface area contributed by atoms with Crippen molar-refractivity contribution in [1.82, 2.24) is 9.55 Å². The second-order valence-corrected chi connectivity index (χ2v) is 14.6. The molecule has 2 aromatic heterocycles. The van der Waals surface area contributed by atoms with Crippen molar-refractivity contribution >= 4 is 74.9 Å². The number of thiophene rings is 1. The third-order valence-corrected chi connectivity index (χ3v) is 11.7. The summed E-state index contributed by atoms with van der Waals surface area (Å²) in [4.78, 5) is 5.12. The minimum absolute atomic E-state index is 0.939. The summed E-state index contributed by atoms with van der Waals surface area (Å²) in [6.45, 7) is 0. The number of fused-ring (bicyclic) bond motifs is 7. The number of rotatable bonds is 4. The van der Waals surface area contributed by atoms with Crippen molar-refractivity contribution in [2.75, 3.05) is 0 Å². The first-order valence-corrected chi connectivity index (χ1v) is 18.5. The van der Waals surface area contributed by atoms with Crippen molar-refractivity contribution in [3.05, 3.63) is 182 Å². The quantitative estimate of drug-likeness (QED) is 0.169. The number of para-hydroxylation sites is 3. The number of nitrogens with zero attached hydrogens (tertiary/aromatic N) is 2. The molecule has 0 N–H and O–H groups in total. The summed E-state index contributed by atoms with van der Waals surface area (Å²) >= 11 is 1.89. The van der Waals surface area contributed by atoms with Crippen LogP contribution in [-0.2, 0) is 0 Å². The molecule has 11 rings (SSSR count). The molecule has 0 saturated heterocycles. The lowest BCUT2D eigenvalue weighted by atomic mass is 9.85. The molecule has 0 unspecified atom stereocenters. The molecule has 0 saturated carbocycles. The molecule has 0 radical (unpaired) electrons. The molecule has 0 spiro atoms. The van der Waals surface area contributed by atoms with E-state index in [9.17, 15) is 0 Å². The minimum Gasteiger partial charge on any atom is -0.292 e. The second-order valence-electron chi connectivity index (χ2n) is 13.5. The van der Waals surface area contributed by atoms with Gasteiger partial charge in [0.25, 0.3) is 0 Å². The van der Waals surface area contributed by atoms with Crippen molar-refractivity contribution in [3.63, 3.8) is 0 Å². The highest BCUT2D eigenvalue weighted by Gasteiger charge is 2.19. The van der Waals surface area contributed by atoms with Gasteiger partial charge in [-0.3, -0.25) is 4.57 Å². The Morgan fingerprint density at radius 2 is 0.923 bits per heavy atom. The average molecular weight is 679 g/mol. The molecule has 0 fully saturated rings. The highest BCUT2D eigenvalue weighted by Crippen LogP contribution is 2.46. The Labute approximate surface area is 304 Å². The van der Waals surface area contributed by atoms with E-state index in [4.69, 9.17) is 4.98 Å². The minimum atomic E-state index is 0.939. The topological polar surface area (TPSA) is 17.8 Å². The maximum Gasteiger partial charge on any atom is 0.145 e. The normalized spacial score (nSPS) is 11.8. The van der Waals surface area contributed by atoms with Crippen LogP contribution in [0, 0.1) is 0 Å². The lowest BCUT2D eigenvalue weighted by molar-refractivity contribution is 1.10. The number of imidazole rings is 1. The van der Waals surface area contributed by atoms with Gasteiger partial charge in [0.1, 0.15) is 5.82 Å². The second kappa shape index (κ2) is 11.5. The van der Waals surface area contributed by atoms with Crippen LogP contribution in [0.15, 0.2) is 182 Å². The molecule has 0 aliphatic carbocycles. The largest absolute Gasteiger partial charge is 0.292 e. The predicted molar refractivity (Wildman–Crippen MR) is 223 cm³/mol. The first-order valence-electron chi connectivity index (χ1n) is 17.7. The first-order chi connectivity index (χ1) is 25.8. The van der Waals surface area contributed by atoms with Crippen molar-refractivity contribution in [2.45, 2.75) is 0 Å². The summed E-state index contributed by atoms with van der Waals surface area (Å²) in [7, 11) is 0. The van der Waals surface area contributed by atoms with E-state index in [1.165, 1.54) is 74.7 Å². The molecule has 0 aliphatic heterocycles. The van der Waals surface area contributed by atoms with Crippen molar-refractivity contribution in [2.24, 2.45) is 0 Å². The first kappa shape index (κ1) is 29.2. The van der Waals surface area contributed by atoms with Crippen LogP contribution in [0.5, 0.6) is 0 Å². The summed E-state index contributed by atoms with van der Waals surface area (Å²) in [5.74, 6) is 0.939. The maximum atomic E-state index is 5.12. The van der Waals surface area contributed by atoms with Gasteiger partial charge in [0, 0.05) is 31.4 Å². The maximum absolute atomic E-state index is 5.12. The van der Waals surface area contributed by atoms with Gasteiger partial charge >= 0.3 is 0 Å². The van der Waals surface area contributed by atoms with Gasteiger partial charge in [-0.05, 0) is 97.0 Å². The Balaban J connectivity index is 1.09. The summed E-state index contributed by atoms with van der Waals surface area (Å²) in [5, 5.41) is 10.3. The molecule has 0 atom stereocenters. The van der Waals surface area contributed by atoms with E-state index in [0.717, 1.165) is 28.1 Å². The van der Waals surface area contributed by atoms with Gasteiger partial charge in [0.2, 0.25) is 0 Å². The zero-order valence-electron chi connectivity index (χ0n) is 28.1. The van der Waals surface area contributed by atoms with Gasteiger partial charge in [0.15, 0.2) is 0 Å². The molecule has 0 bridgehead atoms. The fourth-order valence-corrected chi connectivity index (χ4v) is 9.39. The molecule has 2 nitrogen and oxygen atoms in total. The van der Waals surface area contributed by atoms with Crippen LogP contribution in [0.3, 0.4) is 0 Å². The van der Waals surface area contributed by atoms with Gasteiger partial charge in [-0.25, -0.2) is 4.98 Å². The van der Waals surface area contributed by atoms with E-state index in [1.807, 2.05) is 11.3 Å². The number of benzene rings is 9. The van der Waals surface area contributed by atoms with Gasteiger partial charge < -0.3 is 0 Å². The Hall–Kier alpha value is -6.55. The molecule has 3 heteroatoms. The summed E-state index contributed by atoms with van der Waals surface area (Å²) in [6.07, 6.45) is 0. The zero-order valence-corrected chi connectivity index (χ0v) is 28.9. The molecule has 11 aromatic rings. The summed E-state index contributed by atoms with van der Waals surface area (Å²) < 4.78 is 4.91. The number of aromatic nitrogens is 2. The molecular weight excluding hydrogens is 649 g/mol. The van der Waals surface area contributed by atoms with E-state index in [2.05, 4.69) is 187 Å². The van der Waals surface area contributed by atoms with E-state index in [-0.39, 0.29) is 0 Å². The molecule has 2 heterocycles. The fraction of sp³-hybridized carbons (Fsp3) is 0. The highest BCUT2D eigenvalue weighted by molar-refractivity contribution is 7.25. The van der Waals surface area contributed by atoms with Crippen LogP contribution in [0.25, 0.3) is 103 Å². The smallest absolute Gasteiger partial charge is 0.145 e. The van der Waals surface area contributed by atoms with Crippen LogP contribution in [0.2, 0.25) is 0 Å². The number of hydrogen-bond donors (Lipinski definition) is 0. The van der Waals surface area contributed by atoms with E-state index < -0.39 is 0 Å². The van der Waals surface area contributed by atoms with Gasteiger partial charge in [-0.1, -0.05) is 140 Å². The summed E-state index contributed by atoms with van der Waals surface area (Å²) in [5.41, 5.74) is 9.25. The lowest BCUT2D eigenvalue weighted by Crippen LogP contribution is -1.97. The number of hydrogen-bond acceptors (Lipinski definition) is 2. The average Bonchev–Trinajstić information content (AvgIpc) is 3.77. The lowest BCUT2D eigenvalue weighted by Gasteiger charge is -2.18. The van der Waals surface area contributed by atoms with Crippen LogP contribution in [-0.4, -0.2) is 9.55 Å². The van der Waals surface area contributed by atoms with Gasteiger partial charge in [0.05, 0.1) is 11.0 Å². The Kier molecular flexibility index (Phi) is 6.46. The zero-order chi connectivity index (χ0) is 34.2.